The molecule has 0 atom stereocenters. The standard InChI is InChI=1S/C18H18N2OS/c19-17(22)13-8-10-14(11-9-13)18(21)20-16-7-3-5-12-4-1-2-6-15(12)16/h3,5,7-11H,1-2,4,6H2,(H2,19,22)(H,20,21). The predicted octanol–water partition coefficient (Wildman–Crippen LogP) is 3.45. The number of rotatable bonds is 3. The number of hydrogen-bond donors (Lipinski definition) is 2. The minimum atomic E-state index is -0.103. The van der Waals surface area contributed by atoms with Crippen LogP contribution in [-0.4, -0.2) is 10.9 Å². The van der Waals surface area contributed by atoms with E-state index in [2.05, 4.69) is 11.4 Å². The first-order chi connectivity index (χ1) is 10.6. The highest BCUT2D eigenvalue weighted by Gasteiger charge is 2.15. The quantitative estimate of drug-likeness (QED) is 0.854. The molecule has 1 amide bonds. The van der Waals surface area contributed by atoms with Crippen molar-refractivity contribution in [1.29, 1.82) is 0 Å². The molecule has 1 aliphatic rings. The summed E-state index contributed by atoms with van der Waals surface area (Å²) in [5.41, 5.74) is 10.5. The van der Waals surface area contributed by atoms with Gasteiger partial charge in [-0.2, -0.15) is 0 Å². The zero-order valence-electron chi connectivity index (χ0n) is 12.3. The normalized spacial score (nSPS) is 13.3. The first kappa shape index (κ1) is 14.7. The van der Waals surface area contributed by atoms with Crippen LogP contribution < -0.4 is 11.1 Å². The summed E-state index contributed by atoms with van der Waals surface area (Å²) in [5.74, 6) is -0.103. The Labute approximate surface area is 135 Å². The van der Waals surface area contributed by atoms with Gasteiger partial charge in [-0.25, -0.2) is 0 Å². The number of carbonyl (C=O) groups is 1. The lowest BCUT2D eigenvalue weighted by molar-refractivity contribution is 0.102. The molecule has 3 nitrogen and oxygen atoms in total. The van der Waals surface area contributed by atoms with Gasteiger partial charge in [0.05, 0.1) is 0 Å². The van der Waals surface area contributed by atoms with Gasteiger partial charge in [0.1, 0.15) is 4.99 Å². The van der Waals surface area contributed by atoms with Crippen molar-refractivity contribution in [2.75, 3.05) is 5.32 Å². The molecule has 0 radical (unpaired) electrons. The fourth-order valence-electron chi connectivity index (χ4n) is 2.88. The Morgan fingerprint density at radius 1 is 1.00 bits per heavy atom. The Bertz CT molecular complexity index is 722. The summed E-state index contributed by atoms with van der Waals surface area (Å²) < 4.78 is 0. The average molecular weight is 310 g/mol. The molecular weight excluding hydrogens is 292 g/mol. The number of fused-ring (bicyclic) bond motifs is 1. The summed E-state index contributed by atoms with van der Waals surface area (Å²) in [4.78, 5) is 12.7. The zero-order valence-corrected chi connectivity index (χ0v) is 13.1. The van der Waals surface area contributed by atoms with Crippen LogP contribution >= 0.6 is 12.2 Å². The fraction of sp³-hybridized carbons (Fsp3) is 0.222. The van der Waals surface area contributed by atoms with Crippen molar-refractivity contribution in [3.63, 3.8) is 0 Å². The molecule has 2 aromatic carbocycles. The van der Waals surface area contributed by atoms with Gasteiger partial charge in [-0.15, -0.1) is 0 Å². The number of carbonyl (C=O) groups excluding carboxylic acids is 1. The maximum Gasteiger partial charge on any atom is 0.255 e. The van der Waals surface area contributed by atoms with Gasteiger partial charge in [-0.3, -0.25) is 4.79 Å². The molecule has 0 aromatic heterocycles. The van der Waals surface area contributed by atoms with Gasteiger partial charge in [-0.1, -0.05) is 36.5 Å². The third-order valence-electron chi connectivity index (χ3n) is 4.08. The van der Waals surface area contributed by atoms with E-state index in [0.717, 1.165) is 24.1 Å². The Morgan fingerprint density at radius 3 is 2.41 bits per heavy atom. The Morgan fingerprint density at radius 2 is 1.68 bits per heavy atom. The number of thiocarbonyl (C=S) groups is 1. The van der Waals surface area contributed by atoms with Gasteiger partial charge in [-0.05, 0) is 55.0 Å². The Kier molecular flexibility index (Phi) is 4.20. The van der Waals surface area contributed by atoms with Crippen LogP contribution in [0.4, 0.5) is 5.69 Å². The first-order valence-corrected chi connectivity index (χ1v) is 7.88. The van der Waals surface area contributed by atoms with Crippen LogP contribution in [0.5, 0.6) is 0 Å². The summed E-state index contributed by atoms with van der Waals surface area (Å²) in [5, 5.41) is 3.03. The van der Waals surface area contributed by atoms with E-state index < -0.39 is 0 Å². The van der Waals surface area contributed by atoms with Crippen LogP contribution in [0.25, 0.3) is 0 Å². The van der Waals surface area contributed by atoms with Gasteiger partial charge < -0.3 is 11.1 Å². The van der Waals surface area contributed by atoms with Gasteiger partial charge >= 0.3 is 0 Å². The minimum absolute atomic E-state index is 0.103. The van der Waals surface area contributed by atoms with Crippen molar-refractivity contribution >= 4 is 28.8 Å². The van der Waals surface area contributed by atoms with E-state index in [0.29, 0.717) is 10.6 Å². The number of nitrogens with two attached hydrogens (primary N) is 1. The average Bonchev–Trinajstić information content (AvgIpc) is 2.55. The Hall–Kier alpha value is -2.20. The van der Waals surface area contributed by atoms with Crippen LogP contribution in [-0.2, 0) is 12.8 Å². The monoisotopic (exact) mass is 310 g/mol. The first-order valence-electron chi connectivity index (χ1n) is 7.47. The summed E-state index contributed by atoms with van der Waals surface area (Å²) in [6.45, 7) is 0. The number of hydrogen-bond acceptors (Lipinski definition) is 2. The maximum absolute atomic E-state index is 12.4. The third kappa shape index (κ3) is 3.02. The molecule has 22 heavy (non-hydrogen) atoms. The molecule has 0 fully saturated rings. The van der Waals surface area contributed by atoms with E-state index in [1.165, 1.54) is 24.0 Å². The van der Waals surface area contributed by atoms with Crippen molar-refractivity contribution in [3.05, 3.63) is 64.7 Å². The molecule has 0 bridgehead atoms. The van der Waals surface area contributed by atoms with Crippen LogP contribution in [0.1, 0.15) is 39.9 Å². The summed E-state index contributed by atoms with van der Waals surface area (Å²) in [7, 11) is 0. The molecule has 0 saturated carbocycles. The molecule has 4 heteroatoms. The van der Waals surface area contributed by atoms with Crippen molar-refractivity contribution in [1.82, 2.24) is 0 Å². The second kappa shape index (κ2) is 6.28. The number of amides is 1. The number of nitrogens with one attached hydrogen (secondary N) is 1. The highest BCUT2D eigenvalue weighted by molar-refractivity contribution is 7.80. The smallest absolute Gasteiger partial charge is 0.255 e. The molecule has 112 valence electrons. The summed E-state index contributed by atoms with van der Waals surface area (Å²) >= 11 is 4.92. The second-order valence-electron chi connectivity index (χ2n) is 5.55. The van der Waals surface area contributed by atoms with Crippen molar-refractivity contribution in [3.8, 4) is 0 Å². The SMILES string of the molecule is NC(=S)c1ccc(C(=O)Nc2cccc3c2CCCC3)cc1. The zero-order chi connectivity index (χ0) is 15.5. The molecule has 2 aromatic rings. The Balaban J connectivity index is 1.81. The molecular formula is C18H18N2OS. The highest BCUT2D eigenvalue weighted by Crippen LogP contribution is 2.28. The molecule has 3 N–H and O–H groups in total. The molecule has 0 heterocycles. The van der Waals surface area contributed by atoms with Crippen LogP contribution in [0.3, 0.4) is 0 Å². The predicted molar refractivity (Wildman–Crippen MR) is 93.4 cm³/mol. The van der Waals surface area contributed by atoms with E-state index in [9.17, 15) is 4.79 Å². The highest BCUT2D eigenvalue weighted by atomic mass is 32.1. The van der Waals surface area contributed by atoms with Crippen molar-refractivity contribution in [2.24, 2.45) is 5.73 Å². The third-order valence-corrected chi connectivity index (χ3v) is 4.31. The van der Waals surface area contributed by atoms with Gasteiger partial charge in [0.25, 0.3) is 5.91 Å². The van der Waals surface area contributed by atoms with Crippen molar-refractivity contribution in [2.45, 2.75) is 25.7 Å². The fourth-order valence-corrected chi connectivity index (χ4v) is 3.01. The topological polar surface area (TPSA) is 55.1 Å². The molecule has 1 aliphatic carbocycles. The lowest BCUT2D eigenvalue weighted by atomic mass is 9.90. The van der Waals surface area contributed by atoms with E-state index in [-0.39, 0.29) is 5.91 Å². The molecule has 0 saturated heterocycles. The molecule has 0 spiro atoms. The van der Waals surface area contributed by atoms with E-state index in [1.807, 2.05) is 12.1 Å². The number of benzene rings is 2. The van der Waals surface area contributed by atoms with E-state index in [4.69, 9.17) is 18.0 Å². The number of aryl methyl sites for hydroxylation is 1. The van der Waals surface area contributed by atoms with Crippen molar-refractivity contribution < 1.29 is 4.79 Å². The summed E-state index contributed by atoms with van der Waals surface area (Å²) in [6, 6.07) is 13.2. The summed E-state index contributed by atoms with van der Waals surface area (Å²) in [6.07, 6.45) is 4.54. The largest absolute Gasteiger partial charge is 0.389 e. The second-order valence-corrected chi connectivity index (χ2v) is 5.99. The molecule has 3 rings (SSSR count). The lowest BCUT2D eigenvalue weighted by Crippen LogP contribution is -2.16. The maximum atomic E-state index is 12.4. The lowest BCUT2D eigenvalue weighted by Gasteiger charge is -2.19. The van der Waals surface area contributed by atoms with Gasteiger partial charge in [0.2, 0.25) is 0 Å². The van der Waals surface area contributed by atoms with Gasteiger partial charge in [0, 0.05) is 16.8 Å². The van der Waals surface area contributed by atoms with E-state index >= 15 is 0 Å². The van der Waals surface area contributed by atoms with E-state index in [1.54, 1.807) is 24.3 Å². The molecule has 0 aliphatic heterocycles. The van der Waals surface area contributed by atoms with Crippen LogP contribution in [0.15, 0.2) is 42.5 Å². The number of anilines is 1. The minimum Gasteiger partial charge on any atom is -0.389 e. The van der Waals surface area contributed by atoms with Crippen LogP contribution in [0, 0.1) is 0 Å². The molecule has 0 unspecified atom stereocenters. The van der Waals surface area contributed by atoms with Gasteiger partial charge in [0.15, 0.2) is 0 Å². The van der Waals surface area contributed by atoms with Crippen LogP contribution in [0.2, 0.25) is 0 Å².